The molecule has 20 heavy (non-hydrogen) atoms. The lowest BCUT2D eigenvalue weighted by atomic mass is 10.2. The number of anilines is 1. The average Bonchev–Trinajstić information content (AvgIpc) is 2.40. The molecule has 0 aromatic heterocycles. The summed E-state index contributed by atoms with van der Waals surface area (Å²) < 4.78 is 26.3. The summed E-state index contributed by atoms with van der Waals surface area (Å²) in [5, 5.41) is 9.63. The van der Waals surface area contributed by atoms with E-state index in [-0.39, 0.29) is 18.0 Å². The normalized spacial score (nSPS) is 11.4. The molecule has 2 rings (SSSR count). The third kappa shape index (κ3) is 3.97. The number of nitrogens with one attached hydrogen (secondary N) is 1. The molecule has 0 fully saturated rings. The SMILES string of the molecule is Nc1ccc(O)c(CNS(=O)(=O)Cc2ccccc2)c1. The van der Waals surface area contributed by atoms with E-state index in [1.807, 2.05) is 6.07 Å². The van der Waals surface area contributed by atoms with Crippen molar-refractivity contribution < 1.29 is 13.5 Å². The average molecular weight is 292 g/mol. The van der Waals surface area contributed by atoms with E-state index in [9.17, 15) is 13.5 Å². The third-order valence-corrected chi connectivity index (χ3v) is 4.08. The Hall–Kier alpha value is -2.05. The number of phenols is 1. The van der Waals surface area contributed by atoms with E-state index in [1.54, 1.807) is 36.4 Å². The molecule has 0 radical (unpaired) electrons. The minimum Gasteiger partial charge on any atom is -0.508 e. The lowest BCUT2D eigenvalue weighted by molar-refractivity contribution is 0.467. The summed E-state index contributed by atoms with van der Waals surface area (Å²) in [5.41, 5.74) is 7.23. The van der Waals surface area contributed by atoms with Crippen molar-refractivity contribution in [2.24, 2.45) is 0 Å². The van der Waals surface area contributed by atoms with Crippen LogP contribution in [0.2, 0.25) is 0 Å². The first kappa shape index (κ1) is 14.4. The Balaban J connectivity index is 2.04. The summed E-state index contributed by atoms with van der Waals surface area (Å²) in [6.45, 7) is 0.00599. The summed E-state index contributed by atoms with van der Waals surface area (Å²) in [6.07, 6.45) is 0. The molecular formula is C14H16N2O3S. The van der Waals surface area contributed by atoms with Gasteiger partial charge < -0.3 is 10.8 Å². The zero-order valence-corrected chi connectivity index (χ0v) is 11.6. The first-order valence-corrected chi connectivity index (χ1v) is 7.70. The highest BCUT2D eigenvalue weighted by molar-refractivity contribution is 7.88. The molecular weight excluding hydrogens is 276 g/mol. The first-order chi connectivity index (χ1) is 9.46. The van der Waals surface area contributed by atoms with Gasteiger partial charge in [-0.2, -0.15) is 0 Å². The number of nitrogens with two attached hydrogens (primary N) is 1. The van der Waals surface area contributed by atoms with Gasteiger partial charge in [-0.1, -0.05) is 30.3 Å². The second-order valence-electron chi connectivity index (χ2n) is 4.45. The molecule has 0 spiro atoms. The number of nitrogen functional groups attached to an aromatic ring is 1. The smallest absolute Gasteiger partial charge is 0.216 e. The van der Waals surface area contributed by atoms with Gasteiger partial charge in [0.25, 0.3) is 0 Å². The highest BCUT2D eigenvalue weighted by atomic mass is 32.2. The lowest BCUT2D eigenvalue weighted by Gasteiger charge is -2.09. The van der Waals surface area contributed by atoms with Crippen molar-refractivity contribution in [3.8, 4) is 5.75 Å². The quantitative estimate of drug-likeness (QED) is 0.576. The molecule has 5 nitrogen and oxygen atoms in total. The molecule has 0 unspecified atom stereocenters. The second kappa shape index (κ2) is 5.94. The van der Waals surface area contributed by atoms with Crippen LogP contribution in [-0.2, 0) is 22.3 Å². The Morgan fingerprint density at radius 3 is 2.50 bits per heavy atom. The van der Waals surface area contributed by atoms with Crippen molar-refractivity contribution >= 4 is 15.7 Å². The Morgan fingerprint density at radius 2 is 1.80 bits per heavy atom. The molecule has 0 amide bonds. The Bertz CT molecular complexity index is 685. The molecule has 0 aliphatic heterocycles. The predicted molar refractivity (Wildman–Crippen MR) is 78.4 cm³/mol. The zero-order valence-electron chi connectivity index (χ0n) is 10.8. The van der Waals surface area contributed by atoms with Crippen LogP contribution in [0.15, 0.2) is 48.5 Å². The largest absolute Gasteiger partial charge is 0.508 e. The van der Waals surface area contributed by atoms with E-state index in [0.29, 0.717) is 16.8 Å². The van der Waals surface area contributed by atoms with Crippen LogP contribution in [0.25, 0.3) is 0 Å². The molecule has 0 saturated heterocycles. The van der Waals surface area contributed by atoms with Crippen molar-refractivity contribution in [3.63, 3.8) is 0 Å². The number of aromatic hydroxyl groups is 1. The highest BCUT2D eigenvalue weighted by Crippen LogP contribution is 2.19. The number of hydrogen-bond acceptors (Lipinski definition) is 4. The van der Waals surface area contributed by atoms with Gasteiger partial charge in [0.05, 0.1) is 5.75 Å². The van der Waals surface area contributed by atoms with E-state index in [1.165, 1.54) is 6.07 Å². The van der Waals surface area contributed by atoms with E-state index >= 15 is 0 Å². The van der Waals surface area contributed by atoms with Crippen molar-refractivity contribution in [1.29, 1.82) is 0 Å². The molecule has 6 heteroatoms. The molecule has 0 bridgehead atoms. The van der Waals surface area contributed by atoms with Crippen LogP contribution in [0, 0.1) is 0 Å². The standard InChI is InChI=1S/C14H16N2O3S/c15-13-6-7-14(17)12(8-13)9-16-20(18,19)10-11-4-2-1-3-5-11/h1-8,16-17H,9-10,15H2. The third-order valence-electron chi connectivity index (χ3n) is 2.79. The van der Waals surface area contributed by atoms with Crippen LogP contribution in [0.3, 0.4) is 0 Å². The van der Waals surface area contributed by atoms with Crippen LogP contribution < -0.4 is 10.5 Å². The fraction of sp³-hybridized carbons (Fsp3) is 0.143. The minimum absolute atomic E-state index is 0.00599. The molecule has 0 aliphatic rings. The summed E-state index contributed by atoms with van der Waals surface area (Å²) in [4.78, 5) is 0. The Labute approximate surface area is 118 Å². The molecule has 0 atom stereocenters. The van der Waals surface area contributed by atoms with Gasteiger partial charge in [0.1, 0.15) is 5.75 Å². The fourth-order valence-electron chi connectivity index (χ4n) is 1.78. The first-order valence-electron chi connectivity index (χ1n) is 6.05. The number of benzene rings is 2. The maximum absolute atomic E-state index is 11.9. The number of rotatable bonds is 5. The molecule has 0 aliphatic carbocycles. The van der Waals surface area contributed by atoms with Gasteiger partial charge in [0.15, 0.2) is 0 Å². The zero-order chi connectivity index (χ0) is 14.6. The van der Waals surface area contributed by atoms with Gasteiger partial charge in [0, 0.05) is 17.8 Å². The van der Waals surface area contributed by atoms with Gasteiger partial charge in [-0.3, -0.25) is 0 Å². The predicted octanol–water partition coefficient (Wildman–Crippen LogP) is 1.59. The van der Waals surface area contributed by atoms with Gasteiger partial charge in [-0.15, -0.1) is 0 Å². The molecule has 4 N–H and O–H groups in total. The number of phenolic OH excluding ortho intramolecular Hbond substituents is 1. The number of sulfonamides is 1. The maximum Gasteiger partial charge on any atom is 0.216 e. The van der Waals surface area contributed by atoms with Crippen LogP contribution >= 0.6 is 0 Å². The van der Waals surface area contributed by atoms with Gasteiger partial charge in [0.2, 0.25) is 10.0 Å². The summed E-state index contributed by atoms with van der Waals surface area (Å²) in [5.74, 6) is -0.0849. The maximum atomic E-state index is 11.9. The van der Waals surface area contributed by atoms with Crippen LogP contribution in [0.1, 0.15) is 11.1 Å². The summed E-state index contributed by atoms with van der Waals surface area (Å²) in [6, 6.07) is 13.4. The van der Waals surface area contributed by atoms with E-state index in [0.717, 1.165) is 0 Å². The van der Waals surface area contributed by atoms with Crippen molar-refractivity contribution in [1.82, 2.24) is 4.72 Å². The van der Waals surface area contributed by atoms with Gasteiger partial charge >= 0.3 is 0 Å². The minimum atomic E-state index is -3.46. The molecule has 0 saturated carbocycles. The van der Waals surface area contributed by atoms with Crippen molar-refractivity contribution in [3.05, 3.63) is 59.7 Å². The lowest BCUT2D eigenvalue weighted by Crippen LogP contribution is -2.24. The topological polar surface area (TPSA) is 92.4 Å². The van der Waals surface area contributed by atoms with Crippen LogP contribution in [0.5, 0.6) is 5.75 Å². The van der Waals surface area contributed by atoms with E-state index < -0.39 is 10.0 Å². The van der Waals surface area contributed by atoms with Gasteiger partial charge in [-0.05, 0) is 23.8 Å². The molecule has 0 heterocycles. The summed E-state index contributed by atoms with van der Waals surface area (Å²) in [7, 11) is -3.46. The van der Waals surface area contributed by atoms with Crippen LogP contribution in [-0.4, -0.2) is 13.5 Å². The summed E-state index contributed by atoms with van der Waals surface area (Å²) >= 11 is 0. The Morgan fingerprint density at radius 1 is 1.10 bits per heavy atom. The second-order valence-corrected chi connectivity index (χ2v) is 6.26. The molecule has 2 aromatic carbocycles. The molecule has 2 aromatic rings. The van der Waals surface area contributed by atoms with Crippen LogP contribution in [0.4, 0.5) is 5.69 Å². The van der Waals surface area contributed by atoms with E-state index in [2.05, 4.69) is 4.72 Å². The Kier molecular flexibility index (Phi) is 4.26. The monoisotopic (exact) mass is 292 g/mol. The number of hydrogen-bond donors (Lipinski definition) is 3. The van der Waals surface area contributed by atoms with Crippen molar-refractivity contribution in [2.45, 2.75) is 12.3 Å². The van der Waals surface area contributed by atoms with E-state index in [4.69, 9.17) is 5.73 Å². The highest BCUT2D eigenvalue weighted by Gasteiger charge is 2.12. The van der Waals surface area contributed by atoms with Gasteiger partial charge in [-0.25, -0.2) is 13.1 Å². The fourth-order valence-corrected chi connectivity index (χ4v) is 2.89. The molecule has 106 valence electrons. The van der Waals surface area contributed by atoms with Crippen molar-refractivity contribution in [2.75, 3.05) is 5.73 Å².